The van der Waals surface area contributed by atoms with Crippen LogP contribution in [0.2, 0.25) is 0 Å². The molecule has 0 unspecified atom stereocenters. The van der Waals surface area contributed by atoms with Crippen molar-refractivity contribution in [3.8, 4) is 6.07 Å². The van der Waals surface area contributed by atoms with Crippen molar-refractivity contribution < 1.29 is 4.79 Å². The summed E-state index contributed by atoms with van der Waals surface area (Å²) in [6.07, 6.45) is -0.318. The number of rotatable bonds is 2. The Labute approximate surface area is 113 Å². The van der Waals surface area contributed by atoms with Crippen LogP contribution in [0.25, 0.3) is 10.8 Å². The fraction of sp³-hybridized carbons (Fsp3) is 0.231. The lowest BCUT2D eigenvalue weighted by Crippen LogP contribution is -2.35. The number of nitriles is 1. The summed E-state index contributed by atoms with van der Waals surface area (Å²) in [5.41, 5.74) is -0.491. The highest BCUT2D eigenvalue weighted by atomic mass is 16.2. The lowest BCUT2D eigenvalue weighted by atomic mass is 10.1. The number of fused-ring (bicyclic) bond motifs is 1. The van der Waals surface area contributed by atoms with Gasteiger partial charge in [-0.05, 0) is 12.1 Å². The largest absolute Gasteiger partial charge is 0.324 e. The SMILES string of the molecule is Cn1c(=O)c2cccc(NC(=O)CC#N)c2c(=O)n1C. The van der Waals surface area contributed by atoms with Gasteiger partial charge in [-0.15, -0.1) is 0 Å². The van der Waals surface area contributed by atoms with Gasteiger partial charge in [0, 0.05) is 14.1 Å². The summed E-state index contributed by atoms with van der Waals surface area (Å²) in [4.78, 5) is 35.8. The molecule has 0 atom stereocenters. The number of nitrogens with one attached hydrogen (secondary N) is 1. The lowest BCUT2D eigenvalue weighted by molar-refractivity contribution is -0.115. The van der Waals surface area contributed by atoms with Gasteiger partial charge in [0.05, 0.1) is 22.5 Å². The molecule has 1 heterocycles. The van der Waals surface area contributed by atoms with E-state index < -0.39 is 11.5 Å². The Morgan fingerprint density at radius 3 is 2.55 bits per heavy atom. The van der Waals surface area contributed by atoms with Gasteiger partial charge in [-0.25, -0.2) is 0 Å². The molecule has 0 saturated heterocycles. The van der Waals surface area contributed by atoms with Crippen molar-refractivity contribution in [3.05, 3.63) is 38.9 Å². The van der Waals surface area contributed by atoms with Gasteiger partial charge in [-0.1, -0.05) is 6.07 Å². The summed E-state index contributed by atoms with van der Waals surface area (Å²) in [6.45, 7) is 0. The molecule has 1 amide bonds. The van der Waals surface area contributed by atoms with Crippen LogP contribution in [0.15, 0.2) is 27.8 Å². The van der Waals surface area contributed by atoms with E-state index in [0.29, 0.717) is 0 Å². The summed E-state index contributed by atoms with van der Waals surface area (Å²) in [6, 6.07) is 6.35. The Morgan fingerprint density at radius 2 is 1.90 bits per heavy atom. The Kier molecular flexibility index (Phi) is 3.39. The average Bonchev–Trinajstić information content (AvgIpc) is 2.43. The highest BCUT2D eigenvalue weighted by Crippen LogP contribution is 2.17. The Bertz CT molecular complexity index is 855. The predicted octanol–water partition coefficient (Wildman–Crippen LogP) is 0.0894. The summed E-state index contributed by atoms with van der Waals surface area (Å²) in [7, 11) is 2.96. The third kappa shape index (κ3) is 2.07. The zero-order chi connectivity index (χ0) is 14.9. The van der Waals surface area contributed by atoms with Gasteiger partial charge in [0.2, 0.25) is 5.91 Å². The highest BCUT2D eigenvalue weighted by Gasteiger charge is 2.13. The van der Waals surface area contributed by atoms with Crippen molar-refractivity contribution in [1.82, 2.24) is 9.36 Å². The number of nitrogens with zero attached hydrogens (tertiary/aromatic N) is 3. The number of hydrogen-bond donors (Lipinski definition) is 1. The first-order chi connectivity index (χ1) is 9.47. The van der Waals surface area contributed by atoms with Crippen LogP contribution in [0.3, 0.4) is 0 Å². The molecule has 0 radical (unpaired) electrons. The minimum absolute atomic E-state index is 0.143. The van der Waals surface area contributed by atoms with Crippen molar-refractivity contribution >= 4 is 22.4 Å². The molecule has 0 aliphatic carbocycles. The minimum atomic E-state index is -0.525. The molecule has 1 aromatic carbocycles. The number of amides is 1. The molecule has 0 spiro atoms. The van der Waals surface area contributed by atoms with E-state index in [-0.39, 0.29) is 28.4 Å². The summed E-state index contributed by atoms with van der Waals surface area (Å²) >= 11 is 0. The van der Waals surface area contributed by atoms with Gasteiger partial charge in [0.15, 0.2) is 0 Å². The lowest BCUT2D eigenvalue weighted by Gasteiger charge is -2.11. The quantitative estimate of drug-likeness (QED) is 0.837. The van der Waals surface area contributed by atoms with Gasteiger partial charge in [-0.3, -0.25) is 23.7 Å². The van der Waals surface area contributed by atoms with E-state index in [0.717, 1.165) is 0 Å². The van der Waals surface area contributed by atoms with E-state index in [9.17, 15) is 14.4 Å². The molecular formula is C13H12N4O3. The molecule has 2 aromatic rings. The van der Waals surface area contributed by atoms with Gasteiger partial charge in [0.25, 0.3) is 11.1 Å². The predicted molar refractivity (Wildman–Crippen MR) is 73.3 cm³/mol. The minimum Gasteiger partial charge on any atom is -0.324 e. The van der Waals surface area contributed by atoms with E-state index in [2.05, 4.69) is 5.32 Å². The number of hydrogen-bond acceptors (Lipinski definition) is 4. The van der Waals surface area contributed by atoms with E-state index in [1.165, 1.54) is 35.6 Å². The van der Waals surface area contributed by atoms with Crippen LogP contribution in [0, 0.1) is 11.3 Å². The van der Waals surface area contributed by atoms with Crippen LogP contribution in [0.1, 0.15) is 6.42 Å². The monoisotopic (exact) mass is 272 g/mol. The fourth-order valence-corrected chi connectivity index (χ4v) is 1.94. The van der Waals surface area contributed by atoms with Crippen molar-refractivity contribution in [2.24, 2.45) is 14.1 Å². The molecule has 0 saturated carbocycles. The summed E-state index contributed by atoms with van der Waals surface area (Å²) in [5, 5.41) is 11.3. The molecule has 2 rings (SSSR count). The van der Waals surface area contributed by atoms with Crippen LogP contribution < -0.4 is 16.4 Å². The molecular weight excluding hydrogens is 260 g/mol. The second kappa shape index (κ2) is 5.01. The number of benzene rings is 1. The number of anilines is 1. The molecule has 20 heavy (non-hydrogen) atoms. The number of aromatic nitrogens is 2. The van der Waals surface area contributed by atoms with E-state index >= 15 is 0 Å². The first-order valence-electron chi connectivity index (χ1n) is 5.83. The van der Waals surface area contributed by atoms with Gasteiger partial charge < -0.3 is 5.32 Å². The molecule has 1 N–H and O–H groups in total. The second-order valence-electron chi connectivity index (χ2n) is 4.27. The van der Waals surface area contributed by atoms with Crippen molar-refractivity contribution in [1.29, 1.82) is 5.26 Å². The maximum absolute atomic E-state index is 12.2. The highest BCUT2D eigenvalue weighted by molar-refractivity contribution is 6.01. The zero-order valence-electron chi connectivity index (χ0n) is 11.0. The topological polar surface area (TPSA) is 96.9 Å². The third-order valence-corrected chi connectivity index (χ3v) is 3.06. The molecule has 102 valence electrons. The van der Waals surface area contributed by atoms with Crippen molar-refractivity contribution in [3.63, 3.8) is 0 Å². The number of carbonyl (C=O) groups is 1. The van der Waals surface area contributed by atoms with Crippen LogP contribution >= 0.6 is 0 Å². The molecule has 1 aromatic heterocycles. The first-order valence-corrected chi connectivity index (χ1v) is 5.83. The Morgan fingerprint density at radius 1 is 1.25 bits per heavy atom. The normalized spacial score (nSPS) is 10.2. The Balaban J connectivity index is 2.76. The Hall–Kier alpha value is -2.88. The van der Waals surface area contributed by atoms with E-state index in [4.69, 9.17) is 5.26 Å². The second-order valence-corrected chi connectivity index (χ2v) is 4.27. The average molecular weight is 272 g/mol. The van der Waals surface area contributed by atoms with Gasteiger partial charge in [0.1, 0.15) is 6.42 Å². The van der Waals surface area contributed by atoms with E-state index in [1.807, 2.05) is 0 Å². The molecule has 7 heteroatoms. The fourth-order valence-electron chi connectivity index (χ4n) is 1.94. The third-order valence-electron chi connectivity index (χ3n) is 3.06. The molecule has 0 bridgehead atoms. The summed E-state index contributed by atoms with van der Waals surface area (Å²) in [5.74, 6) is -0.525. The zero-order valence-corrected chi connectivity index (χ0v) is 11.0. The van der Waals surface area contributed by atoms with Gasteiger partial charge >= 0.3 is 0 Å². The molecule has 0 fully saturated rings. The van der Waals surface area contributed by atoms with E-state index in [1.54, 1.807) is 12.1 Å². The van der Waals surface area contributed by atoms with Crippen molar-refractivity contribution in [2.75, 3.05) is 5.32 Å². The molecule has 7 nitrogen and oxygen atoms in total. The van der Waals surface area contributed by atoms with Gasteiger partial charge in [-0.2, -0.15) is 5.26 Å². The maximum Gasteiger partial charge on any atom is 0.275 e. The smallest absolute Gasteiger partial charge is 0.275 e. The van der Waals surface area contributed by atoms with Crippen molar-refractivity contribution in [2.45, 2.75) is 6.42 Å². The van der Waals surface area contributed by atoms with Crippen LogP contribution in [-0.2, 0) is 18.9 Å². The standard InChI is InChI=1S/C13H12N4O3/c1-16-12(19)8-4-3-5-9(15-10(18)6-7-14)11(8)13(20)17(16)2/h3-5H,6H2,1-2H3,(H,15,18). The molecule has 0 aliphatic heterocycles. The molecule has 0 aliphatic rings. The van der Waals surface area contributed by atoms with Crippen LogP contribution in [0.4, 0.5) is 5.69 Å². The summed E-state index contributed by atoms with van der Waals surface area (Å²) < 4.78 is 2.37. The van der Waals surface area contributed by atoms with Crippen LogP contribution in [0.5, 0.6) is 0 Å². The van der Waals surface area contributed by atoms with Crippen LogP contribution in [-0.4, -0.2) is 15.3 Å². The first kappa shape index (κ1) is 13.5. The number of carbonyl (C=O) groups excluding carboxylic acids is 1. The maximum atomic E-state index is 12.2.